The molecular formula is C15H16N2O3S. The van der Waals surface area contributed by atoms with Crippen LogP contribution in [0.25, 0.3) is 0 Å². The number of rotatable bonds is 4. The Morgan fingerprint density at radius 1 is 1.52 bits per heavy atom. The minimum Gasteiger partial charge on any atom is -0.495 e. The number of aromatic nitrogens is 1. The summed E-state index contributed by atoms with van der Waals surface area (Å²) in [5.74, 6) is -0.518. The quantitative estimate of drug-likeness (QED) is 0.906. The van der Waals surface area contributed by atoms with Crippen LogP contribution in [0.3, 0.4) is 0 Å². The van der Waals surface area contributed by atoms with Gasteiger partial charge in [0.05, 0.1) is 18.5 Å². The second kappa shape index (κ2) is 5.37. The maximum atomic E-state index is 11.2. The molecule has 0 aliphatic heterocycles. The van der Waals surface area contributed by atoms with Gasteiger partial charge >= 0.3 is 5.97 Å². The number of aryl methyl sites for hydroxylation is 2. The highest BCUT2D eigenvalue weighted by Crippen LogP contribution is 2.40. The maximum absolute atomic E-state index is 11.2. The summed E-state index contributed by atoms with van der Waals surface area (Å²) in [5.41, 5.74) is 2.67. The van der Waals surface area contributed by atoms with E-state index < -0.39 is 11.9 Å². The normalized spacial score (nSPS) is 16.6. The van der Waals surface area contributed by atoms with Crippen LogP contribution < -0.4 is 10.1 Å². The van der Waals surface area contributed by atoms with Crippen molar-refractivity contribution in [3.05, 3.63) is 34.3 Å². The summed E-state index contributed by atoms with van der Waals surface area (Å²) in [7, 11) is 1.62. The molecule has 1 aromatic carbocycles. The van der Waals surface area contributed by atoms with Crippen LogP contribution in [0.2, 0.25) is 0 Å². The van der Waals surface area contributed by atoms with E-state index in [1.54, 1.807) is 7.11 Å². The fraction of sp³-hybridized carbons (Fsp3) is 0.333. The van der Waals surface area contributed by atoms with Gasteiger partial charge in [-0.2, -0.15) is 0 Å². The number of aliphatic carboxylic acids is 1. The van der Waals surface area contributed by atoms with Gasteiger partial charge in [0, 0.05) is 4.88 Å². The number of carbonyl (C=O) groups is 1. The Labute approximate surface area is 126 Å². The molecular weight excluding hydrogens is 288 g/mol. The van der Waals surface area contributed by atoms with Crippen molar-refractivity contribution in [1.82, 2.24) is 4.98 Å². The van der Waals surface area contributed by atoms with Gasteiger partial charge in [0.1, 0.15) is 11.7 Å². The lowest BCUT2D eigenvalue weighted by atomic mass is 10.1. The molecule has 0 spiro atoms. The Kier molecular flexibility index (Phi) is 3.55. The molecule has 6 heteroatoms. The van der Waals surface area contributed by atoms with Crippen molar-refractivity contribution in [1.29, 1.82) is 0 Å². The van der Waals surface area contributed by atoms with Gasteiger partial charge in [-0.05, 0) is 37.5 Å². The maximum Gasteiger partial charge on any atom is 0.312 e. The second-order valence-electron chi connectivity index (χ2n) is 5.09. The van der Waals surface area contributed by atoms with Gasteiger partial charge in [0.2, 0.25) is 0 Å². The highest BCUT2D eigenvalue weighted by Gasteiger charge is 2.32. The molecule has 0 saturated heterocycles. The molecule has 1 unspecified atom stereocenters. The molecule has 0 bridgehead atoms. The minimum absolute atomic E-state index is 0.466. The predicted molar refractivity (Wildman–Crippen MR) is 81.8 cm³/mol. The summed E-state index contributed by atoms with van der Waals surface area (Å²) in [5, 5.41) is 13.2. The van der Waals surface area contributed by atoms with E-state index in [0.29, 0.717) is 12.1 Å². The lowest BCUT2D eigenvalue weighted by Gasteiger charge is -2.10. The number of methoxy groups -OCH3 is 1. The largest absolute Gasteiger partial charge is 0.495 e. The van der Waals surface area contributed by atoms with Crippen LogP contribution in [0.15, 0.2) is 18.2 Å². The van der Waals surface area contributed by atoms with Crippen molar-refractivity contribution in [3.8, 4) is 5.75 Å². The molecule has 0 amide bonds. The summed E-state index contributed by atoms with van der Waals surface area (Å²) < 4.78 is 5.33. The van der Waals surface area contributed by atoms with Gasteiger partial charge in [-0.3, -0.25) is 4.79 Å². The molecule has 2 aromatic rings. The van der Waals surface area contributed by atoms with E-state index in [9.17, 15) is 9.90 Å². The first-order valence-electron chi connectivity index (χ1n) is 6.72. The number of nitrogens with one attached hydrogen (secondary N) is 1. The number of thiazole rings is 1. The number of hydrogen-bond acceptors (Lipinski definition) is 5. The van der Waals surface area contributed by atoms with Crippen LogP contribution in [0.1, 0.15) is 28.5 Å². The first-order chi connectivity index (χ1) is 10.1. The van der Waals surface area contributed by atoms with Crippen molar-refractivity contribution < 1.29 is 14.6 Å². The average molecular weight is 304 g/mol. The van der Waals surface area contributed by atoms with Gasteiger partial charge in [0.15, 0.2) is 5.13 Å². The fourth-order valence-electron chi connectivity index (χ4n) is 2.56. The summed E-state index contributed by atoms with van der Waals surface area (Å²) >= 11 is 1.52. The Morgan fingerprint density at radius 2 is 2.33 bits per heavy atom. The molecule has 0 saturated carbocycles. The van der Waals surface area contributed by atoms with Crippen molar-refractivity contribution in [2.75, 3.05) is 12.4 Å². The van der Waals surface area contributed by atoms with E-state index in [4.69, 9.17) is 4.74 Å². The zero-order valence-corrected chi connectivity index (χ0v) is 12.7. The van der Waals surface area contributed by atoms with E-state index in [0.717, 1.165) is 33.4 Å². The number of carboxylic acids is 1. The average Bonchev–Trinajstić information content (AvgIpc) is 2.98. The lowest BCUT2D eigenvalue weighted by Crippen LogP contribution is -2.08. The van der Waals surface area contributed by atoms with Crippen molar-refractivity contribution in [2.45, 2.75) is 25.7 Å². The van der Waals surface area contributed by atoms with Crippen molar-refractivity contribution >= 4 is 28.1 Å². The van der Waals surface area contributed by atoms with E-state index in [1.807, 2.05) is 25.1 Å². The molecule has 2 N–H and O–H groups in total. The highest BCUT2D eigenvalue weighted by atomic mass is 32.1. The van der Waals surface area contributed by atoms with Gasteiger partial charge in [-0.25, -0.2) is 4.98 Å². The SMILES string of the molecule is COc1ccc(C)cc1Nc1nc2c(s1)CCC2C(=O)O. The molecule has 5 nitrogen and oxygen atoms in total. The molecule has 1 aliphatic carbocycles. The van der Waals surface area contributed by atoms with E-state index >= 15 is 0 Å². The topological polar surface area (TPSA) is 71.5 Å². The summed E-state index contributed by atoms with van der Waals surface area (Å²) in [6.45, 7) is 2.01. The molecule has 1 aliphatic rings. The summed E-state index contributed by atoms with van der Waals surface area (Å²) in [4.78, 5) is 16.7. The van der Waals surface area contributed by atoms with E-state index in [2.05, 4.69) is 10.3 Å². The number of anilines is 2. The van der Waals surface area contributed by atoms with Gasteiger partial charge in [0.25, 0.3) is 0 Å². The van der Waals surface area contributed by atoms with Crippen LogP contribution >= 0.6 is 11.3 Å². The molecule has 1 aromatic heterocycles. The molecule has 1 heterocycles. The van der Waals surface area contributed by atoms with Gasteiger partial charge in [-0.1, -0.05) is 6.07 Å². The Morgan fingerprint density at radius 3 is 3.05 bits per heavy atom. The van der Waals surface area contributed by atoms with Crippen LogP contribution in [-0.2, 0) is 11.2 Å². The summed E-state index contributed by atoms with van der Waals surface area (Å²) in [6, 6.07) is 5.87. The molecule has 21 heavy (non-hydrogen) atoms. The zero-order valence-electron chi connectivity index (χ0n) is 11.8. The third kappa shape index (κ3) is 2.58. The molecule has 3 rings (SSSR count). The highest BCUT2D eigenvalue weighted by molar-refractivity contribution is 7.15. The van der Waals surface area contributed by atoms with Crippen molar-refractivity contribution in [3.63, 3.8) is 0 Å². The van der Waals surface area contributed by atoms with E-state index in [-0.39, 0.29) is 0 Å². The second-order valence-corrected chi connectivity index (χ2v) is 6.17. The number of fused-ring (bicyclic) bond motifs is 1. The number of hydrogen-bond donors (Lipinski definition) is 2. The molecule has 110 valence electrons. The number of nitrogens with zero attached hydrogens (tertiary/aromatic N) is 1. The van der Waals surface area contributed by atoms with Crippen LogP contribution in [0.5, 0.6) is 5.75 Å². The predicted octanol–water partition coefficient (Wildman–Crippen LogP) is 3.32. The van der Waals surface area contributed by atoms with Crippen molar-refractivity contribution in [2.24, 2.45) is 0 Å². The van der Waals surface area contributed by atoms with Crippen LogP contribution in [-0.4, -0.2) is 23.2 Å². The molecule has 0 fully saturated rings. The smallest absolute Gasteiger partial charge is 0.312 e. The minimum atomic E-state index is -0.793. The number of benzene rings is 1. The van der Waals surface area contributed by atoms with Crippen LogP contribution in [0.4, 0.5) is 10.8 Å². The third-order valence-electron chi connectivity index (χ3n) is 3.61. The zero-order chi connectivity index (χ0) is 15.0. The molecule has 0 radical (unpaired) electrons. The number of ether oxygens (including phenoxy) is 1. The Bertz CT molecular complexity index is 696. The van der Waals surface area contributed by atoms with Gasteiger partial charge < -0.3 is 15.2 Å². The third-order valence-corrected chi connectivity index (χ3v) is 4.66. The van der Waals surface area contributed by atoms with E-state index in [1.165, 1.54) is 11.3 Å². The van der Waals surface area contributed by atoms with Crippen LogP contribution in [0, 0.1) is 6.92 Å². The first-order valence-corrected chi connectivity index (χ1v) is 7.54. The monoisotopic (exact) mass is 304 g/mol. The summed E-state index contributed by atoms with van der Waals surface area (Å²) in [6.07, 6.45) is 1.44. The lowest BCUT2D eigenvalue weighted by molar-refractivity contribution is -0.138. The standard InChI is InChI=1S/C15H16N2O3S/c1-8-3-5-11(20-2)10(7-8)16-15-17-13-9(14(18)19)4-6-12(13)21-15/h3,5,7,9H,4,6H2,1-2H3,(H,16,17)(H,18,19). The molecule has 1 atom stereocenters. The number of carboxylic acid groups (broad SMARTS) is 1. The fourth-order valence-corrected chi connectivity index (χ4v) is 3.61. The Hall–Kier alpha value is -2.08. The Balaban J connectivity index is 1.89. The first kappa shape index (κ1) is 13.9. The van der Waals surface area contributed by atoms with Gasteiger partial charge in [-0.15, -0.1) is 11.3 Å².